The molecular formula is C14H28N4O2. The number of carbonyl (C=O) groups excluding carboxylic acids is 2. The highest BCUT2D eigenvalue weighted by molar-refractivity contribution is 5.81. The molecule has 6 heteroatoms. The van der Waals surface area contributed by atoms with Crippen molar-refractivity contribution in [3.63, 3.8) is 0 Å². The average molecular weight is 284 g/mol. The van der Waals surface area contributed by atoms with Crippen molar-refractivity contribution in [3.8, 4) is 0 Å². The molecular weight excluding hydrogens is 256 g/mol. The summed E-state index contributed by atoms with van der Waals surface area (Å²) in [6, 6.07) is -0.303. The summed E-state index contributed by atoms with van der Waals surface area (Å²) in [6.45, 7) is 4.76. The van der Waals surface area contributed by atoms with Crippen molar-refractivity contribution < 1.29 is 9.59 Å². The third kappa shape index (κ3) is 5.77. The van der Waals surface area contributed by atoms with Gasteiger partial charge in [0.25, 0.3) is 0 Å². The zero-order valence-electron chi connectivity index (χ0n) is 12.9. The molecule has 6 nitrogen and oxygen atoms in total. The molecule has 1 rings (SSSR count). The molecule has 1 fully saturated rings. The first-order valence-corrected chi connectivity index (χ1v) is 7.49. The van der Waals surface area contributed by atoms with Gasteiger partial charge in [-0.05, 0) is 19.8 Å². The lowest BCUT2D eigenvalue weighted by Gasteiger charge is -2.24. The maximum absolute atomic E-state index is 12.3. The van der Waals surface area contributed by atoms with Crippen LogP contribution < -0.4 is 10.6 Å². The van der Waals surface area contributed by atoms with E-state index in [2.05, 4.69) is 10.6 Å². The fourth-order valence-corrected chi connectivity index (χ4v) is 2.27. The molecule has 20 heavy (non-hydrogen) atoms. The van der Waals surface area contributed by atoms with Crippen LogP contribution in [-0.2, 0) is 4.79 Å². The molecule has 0 aromatic rings. The topological polar surface area (TPSA) is 64.7 Å². The molecule has 1 heterocycles. The third-order valence-corrected chi connectivity index (χ3v) is 3.55. The fourth-order valence-electron chi connectivity index (χ4n) is 2.27. The van der Waals surface area contributed by atoms with Gasteiger partial charge in [0.05, 0.1) is 6.04 Å². The standard InChI is InChI=1S/C14H28N4O2/c1-12(15-8-9-16-14(20)17(2)3)13(19)18-10-6-4-5-7-11-18/h12,15H,4-11H2,1-3H3,(H,16,20). The predicted molar refractivity (Wildman–Crippen MR) is 79.6 cm³/mol. The number of hydrogen-bond donors (Lipinski definition) is 2. The Balaban J connectivity index is 2.22. The first-order valence-electron chi connectivity index (χ1n) is 7.49. The van der Waals surface area contributed by atoms with E-state index in [0.29, 0.717) is 13.1 Å². The Labute approximate surface area is 121 Å². The molecule has 1 aliphatic heterocycles. The second kappa shape index (κ2) is 8.79. The van der Waals surface area contributed by atoms with E-state index in [4.69, 9.17) is 0 Å². The molecule has 1 aliphatic rings. The van der Waals surface area contributed by atoms with Crippen molar-refractivity contribution in [2.24, 2.45) is 0 Å². The fraction of sp³-hybridized carbons (Fsp3) is 0.857. The number of carbonyl (C=O) groups is 2. The normalized spacial score (nSPS) is 17.2. The third-order valence-electron chi connectivity index (χ3n) is 3.55. The molecule has 1 saturated heterocycles. The lowest BCUT2D eigenvalue weighted by Crippen LogP contribution is -2.47. The van der Waals surface area contributed by atoms with E-state index in [1.165, 1.54) is 17.7 Å². The minimum atomic E-state index is -0.190. The van der Waals surface area contributed by atoms with E-state index in [1.807, 2.05) is 11.8 Å². The number of hydrogen-bond acceptors (Lipinski definition) is 3. The van der Waals surface area contributed by atoms with Crippen LogP contribution in [0, 0.1) is 0 Å². The lowest BCUT2D eigenvalue weighted by molar-refractivity contribution is -0.132. The number of rotatable bonds is 5. The van der Waals surface area contributed by atoms with Gasteiger partial charge in [0, 0.05) is 40.3 Å². The average Bonchev–Trinajstić information content (AvgIpc) is 2.70. The van der Waals surface area contributed by atoms with Crippen LogP contribution in [0.1, 0.15) is 32.6 Å². The maximum Gasteiger partial charge on any atom is 0.316 e. The highest BCUT2D eigenvalue weighted by atomic mass is 16.2. The van der Waals surface area contributed by atoms with Gasteiger partial charge in [-0.25, -0.2) is 4.79 Å². The second-order valence-electron chi connectivity index (χ2n) is 5.54. The quantitative estimate of drug-likeness (QED) is 0.728. The minimum Gasteiger partial charge on any atom is -0.341 e. The summed E-state index contributed by atoms with van der Waals surface area (Å²) < 4.78 is 0. The van der Waals surface area contributed by atoms with E-state index in [-0.39, 0.29) is 18.0 Å². The van der Waals surface area contributed by atoms with E-state index in [0.717, 1.165) is 25.9 Å². The number of likely N-dealkylation sites (tertiary alicyclic amines) is 1. The molecule has 0 radical (unpaired) electrons. The first kappa shape index (κ1) is 16.8. The highest BCUT2D eigenvalue weighted by Gasteiger charge is 2.20. The van der Waals surface area contributed by atoms with Gasteiger partial charge in [-0.3, -0.25) is 4.79 Å². The van der Waals surface area contributed by atoms with Gasteiger partial charge in [0.1, 0.15) is 0 Å². The molecule has 1 unspecified atom stereocenters. The lowest BCUT2D eigenvalue weighted by atomic mass is 10.2. The summed E-state index contributed by atoms with van der Waals surface area (Å²) in [6.07, 6.45) is 4.67. The summed E-state index contributed by atoms with van der Waals surface area (Å²) in [5.41, 5.74) is 0. The monoisotopic (exact) mass is 284 g/mol. The van der Waals surface area contributed by atoms with Crippen LogP contribution in [0.2, 0.25) is 0 Å². The van der Waals surface area contributed by atoms with Crippen LogP contribution in [-0.4, -0.2) is 68.1 Å². The molecule has 116 valence electrons. The number of amides is 3. The number of urea groups is 1. The number of nitrogens with zero attached hydrogens (tertiary/aromatic N) is 2. The molecule has 0 spiro atoms. The van der Waals surface area contributed by atoms with Crippen molar-refractivity contribution in [1.82, 2.24) is 20.4 Å². The van der Waals surface area contributed by atoms with Gasteiger partial charge in [0.2, 0.25) is 5.91 Å². The van der Waals surface area contributed by atoms with Crippen molar-refractivity contribution in [3.05, 3.63) is 0 Å². The van der Waals surface area contributed by atoms with E-state index >= 15 is 0 Å². The smallest absolute Gasteiger partial charge is 0.316 e. The van der Waals surface area contributed by atoms with Crippen LogP contribution >= 0.6 is 0 Å². The van der Waals surface area contributed by atoms with E-state index in [9.17, 15) is 9.59 Å². The Morgan fingerprint density at radius 3 is 2.25 bits per heavy atom. The zero-order chi connectivity index (χ0) is 15.0. The molecule has 3 amide bonds. The van der Waals surface area contributed by atoms with Gasteiger partial charge in [-0.2, -0.15) is 0 Å². The summed E-state index contributed by atoms with van der Waals surface area (Å²) >= 11 is 0. The van der Waals surface area contributed by atoms with E-state index in [1.54, 1.807) is 14.1 Å². The Morgan fingerprint density at radius 1 is 1.10 bits per heavy atom. The Hall–Kier alpha value is -1.30. The molecule has 0 aliphatic carbocycles. The van der Waals surface area contributed by atoms with Crippen LogP contribution in [0.5, 0.6) is 0 Å². The Kier molecular flexibility index (Phi) is 7.36. The van der Waals surface area contributed by atoms with E-state index < -0.39 is 0 Å². The Bertz CT molecular complexity index is 312. The molecule has 2 N–H and O–H groups in total. The summed E-state index contributed by atoms with van der Waals surface area (Å²) in [5, 5.41) is 5.94. The van der Waals surface area contributed by atoms with Gasteiger partial charge in [-0.1, -0.05) is 12.8 Å². The van der Waals surface area contributed by atoms with Gasteiger partial charge < -0.3 is 20.4 Å². The summed E-state index contributed by atoms with van der Waals surface area (Å²) in [7, 11) is 3.41. The van der Waals surface area contributed by atoms with Crippen LogP contribution in [0.25, 0.3) is 0 Å². The summed E-state index contributed by atoms with van der Waals surface area (Å²) in [4.78, 5) is 27.0. The second-order valence-corrected chi connectivity index (χ2v) is 5.54. The number of nitrogens with one attached hydrogen (secondary N) is 2. The molecule has 1 atom stereocenters. The van der Waals surface area contributed by atoms with Gasteiger partial charge >= 0.3 is 6.03 Å². The predicted octanol–water partition coefficient (Wildman–Crippen LogP) is 0.638. The summed E-state index contributed by atoms with van der Waals surface area (Å²) in [5.74, 6) is 0.172. The van der Waals surface area contributed by atoms with Crippen molar-refractivity contribution >= 4 is 11.9 Å². The first-order chi connectivity index (χ1) is 9.52. The SMILES string of the molecule is CC(NCCNC(=O)N(C)C)C(=O)N1CCCCCC1. The van der Waals surface area contributed by atoms with Crippen molar-refractivity contribution in [1.29, 1.82) is 0 Å². The minimum absolute atomic E-state index is 0.113. The molecule has 0 bridgehead atoms. The van der Waals surface area contributed by atoms with Gasteiger partial charge in [-0.15, -0.1) is 0 Å². The largest absolute Gasteiger partial charge is 0.341 e. The Morgan fingerprint density at radius 2 is 1.70 bits per heavy atom. The highest BCUT2D eigenvalue weighted by Crippen LogP contribution is 2.10. The van der Waals surface area contributed by atoms with Crippen LogP contribution in [0.3, 0.4) is 0 Å². The van der Waals surface area contributed by atoms with Crippen molar-refractivity contribution in [2.45, 2.75) is 38.6 Å². The molecule has 0 aromatic heterocycles. The molecule has 0 saturated carbocycles. The zero-order valence-corrected chi connectivity index (χ0v) is 12.9. The van der Waals surface area contributed by atoms with Crippen LogP contribution in [0.4, 0.5) is 4.79 Å². The van der Waals surface area contributed by atoms with Gasteiger partial charge in [0.15, 0.2) is 0 Å². The van der Waals surface area contributed by atoms with Crippen LogP contribution in [0.15, 0.2) is 0 Å². The maximum atomic E-state index is 12.3. The molecule has 0 aromatic carbocycles. The van der Waals surface area contributed by atoms with Crippen molar-refractivity contribution in [2.75, 3.05) is 40.3 Å².